The molecular weight excluding hydrogens is 210 g/mol. The number of benzene rings is 1. The van der Waals surface area contributed by atoms with Gasteiger partial charge in [0.1, 0.15) is 5.60 Å². The average molecular weight is 225 g/mol. The molecule has 0 saturated heterocycles. The maximum absolute atomic E-state index is 11.0. The van der Waals surface area contributed by atoms with Crippen molar-refractivity contribution < 1.29 is 5.11 Å². The Morgan fingerprint density at radius 1 is 1.06 bits per heavy atom. The van der Waals surface area contributed by atoms with Crippen LogP contribution in [0.1, 0.15) is 29.5 Å². The lowest BCUT2D eigenvalue weighted by Gasteiger charge is -2.34. The molecule has 1 aliphatic rings. The number of hydrogen-bond donors (Lipinski definition) is 1. The van der Waals surface area contributed by atoms with Crippen molar-refractivity contribution in [1.29, 1.82) is 0 Å². The van der Waals surface area contributed by atoms with Crippen LogP contribution in [0.4, 0.5) is 0 Å². The largest absolute Gasteiger partial charge is 0.380 e. The van der Waals surface area contributed by atoms with Crippen molar-refractivity contribution in [2.75, 3.05) is 0 Å². The van der Waals surface area contributed by atoms with E-state index in [-0.39, 0.29) is 0 Å². The predicted octanol–water partition coefficient (Wildman–Crippen LogP) is 2.65. The van der Waals surface area contributed by atoms with Crippen molar-refractivity contribution in [3.63, 3.8) is 0 Å². The highest BCUT2D eigenvalue weighted by atomic mass is 16.3. The third-order valence-electron chi connectivity index (χ3n) is 3.61. The molecular formula is C15H15NO. The zero-order valence-electron chi connectivity index (χ0n) is 9.63. The van der Waals surface area contributed by atoms with Crippen LogP contribution in [0, 0.1) is 0 Å². The van der Waals surface area contributed by atoms with Crippen LogP contribution in [0.3, 0.4) is 0 Å². The van der Waals surface area contributed by atoms with Gasteiger partial charge in [0.05, 0.1) is 0 Å². The third kappa shape index (κ3) is 1.65. The summed E-state index contributed by atoms with van der Waals surface area (Å²) in [7, 11) is 0. The summed E-state index contributed by atoms with van der Waals surface area (Å²) in [5, 5.41) is 11.0. The van der Waals surface area contributed by atoms with Gasteiger partial charge in [-0.1, -0.05) is 24.3 Å². The van der Waals surface area contributed by atoms with Crippen molar-refractivity contribution >= 4 is 0 Å². The fourth-order valence-electron chi connectivity index (χ4n) is 2.74. The molecule has 17 heavy (non-hydrogen) atoms. The van der Waals surface area contributed by atoms with Crippen molar-refractivity contribution in [3.05, 3.63) is 65.5 Å². The van der Waals surface area contributed by atoms with E-state index in [9.17, 15) is 5.11 Å². The number of pyridine rings is 1. The van der Waals surface area contributed by atoms with Crippen LogP contribution in [0.25, 0.3) is 0 Å². The molecule has 0 spiro atoms. The first-order valence-electron chi connectivity index (χ1n) is 6.02. The van der Waals surface area contributed by atoms with Crippen molar-refractivity contribution in [2.24, 2.45) is 0 Å². The van der Waals surface area contributed by atoms with Crippen molar-refractivity contribution in [3.8, 4) is 0 Å². The second-order valence-corrected chi connectivity index (χ2v) is 4.61. The lowest BCUT2D eigenvalue weighted by atomic mass is 9.75. The molecule has 1 atom stereocenters. The number of aromatic nitrogens is 1. The van der Waals surface area contributed by atoms with Gasteiger partial charge in [0.15, 0.2) is 0 Å². The van der Waals surface area contributed by atoms with Crippen LogP contribution < -0.4 is 0 Å². The summed E-state index contributed by atoms with van der Waals surface area (Å²) < 4.78 is 0. The van der Waals surface area contributed by atoms with Gasteiger partial charge in [-0.2, -0.15) is 0 Å². The highest BCUT2D eigenvalue weighted by Gasteiger charge is 2.35. The molecule has 0 fully saturated rings. The van der Waals surface area contributed by atoms with E-state index in [1.54, 1.807) is 12.4 Å². The van der Waals surface area contributed by atoms with Crippen molar-refractivity contribution in [2.45, 2.75) is 24.9 Å². The Hall–Kier alpha value is -1.67. The van der Waals surface area contributed by atoms with Crippen molar-refractivity contribution in [1.82, 2.24) is 4.98 Å². The number of aryl methyl sites for hydroxylation is 1. The molecule has 2 heteroatoms. The highest BCUT2D eigenvalue weighted by molar-refractivity contribution is 5.42. The van der Waals surface area contributed by atoms with Crippen LogP contribution in [0.5, 0.6) is 0 Å². The topological polar surface area (TPSA) is 33.1 Å². The SMILES string of the molecule is O[C@]1(c2ccncc2)CCCc2ccccc21. The summed E-state index contributed by atoms with van der Waals surface area (Å²) in [5.74, 6) is 0. The Morgan fingerprint density at radius 3 is 2.65 bits per heavy atom. The number of nitrogens with zero attached hydrogens (tertiary/aromatic N) is 1. The van der Waals surface area contributed by atoms with Crippen LogP contribution in [-0.2, 0) is 12.0 Å². The van der Waals surface area contributed by atoms with Crippen LogP contribution in [0.2, 0.25) is 0 Å². The van der Waals surface area contributed by atoms with Crippen LogP contribution >= 0.6 is 0 Å². The first-order chi connectivity index (χ1) is 8.31. The van der Waals surface area contributed by atoms with Gasteiger partial charge in [-0.3, -0.25) is 4.98 Å². The van der Waals surface area contributed by atoms with Gasteiger partial charge in [-0.25, -0.2) is 0 Å². The monoisotopic (exact) mass is 225 g/mol. The van der Waals surface area contributed by atoms with Gasteiger partial charge < -0.3 is 5.11 Å². The van der Waals surface area contributed by atoms with E-state index in [2.05, 4.69) is 11.1 Å². The van der Waals surface area contributed by atoms with E-state index < -0.39 is 5.60 Å². The van der Waals surface area contributed by atoms with E-state index in [0.29, 0.717) is 0 Å². The minimum absolute atomic E-state index is 0.786. The fraction of sp³-hybridized carbons (Fsp3) is 0.267. The Morgan fingerprint density at radius 2 is 1.82 bits per heavy atom. The molecule has 1 heterocycles. The van der Waals surface area contributed by atoms with E-state index >= 15 is 0 Å². The molecule has 1 aromatic carbocycles. The maximum atomic E-state index is 11.0. The molecule has 1 aromatic heterocycles. The zero-order valence-corrected chi connectivity index (χ0v) is 9.63. The Bertz CT molecular complexity index is 523. The molecule has 1 aliphatic carbocycles. The number of rotatable bonds is 1. The van der Waals surface area contributed by atoms with Crippen LogP contribution in [0.15, 0.2) is 48.8 Å². The maximum Gasteiger partial charge on any atom is 0.115 e. The summed E-state index contributed by atoms with van der Waals surface area (Å²) in [5.41, 5.74) is 2.42. The van der Waals surface area contributed by atoms with Crippen LogP contribution in [-0.4, -0.2) is 10.1 Å². The molecule has 0 bridgehead atoms. The Kier molecular flexibility index (Phi) is 2.45. The summed E-state index contributed by atoms with van der Waals surface area (Å²) in [6.45, 7) is 0. The van der Waals surface area contributed by atoms with E-state index in [4.69, 9.17) is 0 Å². The third-order valence-corrected chi connectivity index (χ3v) is 3.61. The normalized spacial score (nSPS) is 23.1. The predicted molar refractivity (Wildman–Crippen MR) is 66.6 cm³/mol. The fourth-order valence-corrected chi connectivity index (χ4v) is 2.74. The average Bonchev–Trinajstić information content (AvgIpc) is 2.40. The molecule has 1 N–H and O–H groups in total. The van der Waals surface area contributed by atoms with Gasteiger partial charge in [0.2, 0.25) is 0 Å². The zero-order chi connectivity index (χ0) is 11.7. The molecule has 2 nitrogen and oxygen atoms in total. The standard InChI is InChI=1S/C15H15NO/c17-15(13-7-10-16-11-8-13)9-3-5-12-4-1-2-6-14(12)15/h1-2,4,6-8,10-11,17H,3,5,9H2/t15-/m0/s1. The van der Waals surface area contributed by atoms with Gasteiger partial charge in [-0.15, -0.1) is 0 Å². The smallest absolute Gasteiger partial charge is 0.115 e. The molecule has 0 saturated carbocycles. The number of aliphatic hydroxyl groups is 1. The molecule has 2 aromatic rings. The minimum atomic E-state index is -0.836. The van der Waals surface area contributed by atoms with Gasteiger partial charge in [-0.05, 0) is 48.1 Å². The molecule has 0 unspecified atom stereocenters. The lowest BCUT2D eigenvalue weighted by Crippen LogP contribution is -2.31. The molecule has 86 valence electrons. The summed E-state index contributed by atoms with van der Waals surface area (Å²) >= 11 is 0. The number of fused-ring (bicyclic) bond motifs is 1. The van der Waals surface area contributed by atoms with Gasteiger partial charge in [0, 0.05) is 12.4 Å². The summed E-state index contributed by atoms with van der Waals surface area (Å²) in [6, 6.07) is 12.0. The highest BCUT2D eigenvalue weighted by Crippen LogP contribution is 2.39. The quantitative estimate of drug-likeness (QED) is 0.809. The summed E-state index contributed by atoms with van der Waals surface area (Å²) in [6.07, 6.45) is 6.35. The first kappa shape index (κ1) is 10.5. The van der Waals surface area contributed by atoms with E-state index in [1.165, 1.54) is 5.56 Å². The first-order valence-corrected chi connectivity index (χ1v) is 6.02. The molecule has 0 radical (unpaired) electrons. The van der Waals surface area contributed by atoms with E-state index in [0.717, 1.165) is 30.4 Å². The van der Waals surface area contributed by atoms with Gasteiger partial charge in [0.25, 0.3) is 0 Å². The molecule has 0 amide bonds. The second kappa shape index (κ2) is 3.97. The molecule has 3 rings (SSSR count). The second-order valence-electron chi connectivity index (χ2n) is 4.61. The van der Waals surface area contributed by atoms with E-state index in [1.807, 2.05) is 30.3 Å². The molecule has 0 aliphatic heterocycles. The number of hydrogen-bond acceptors (Lipinski definition) is 2. The minimum Gasteiger partial charge on any atom is -0.380 e. The van der Waals surface area contributed by atoms with Gasteiger partial charge >= 0.3 is 0 Å². The Labute approximate surface area is 101 Å². The Balaban J connectivity index is 2.16. The summed E-state index contributed by atoms with van der Waals surface area (Å²) in [4.78, 5) is 4.02. The lowest BCUT2D eigenvalue weighted by molar-refractivity contribution is 0.0615.